The van der Waals surface area contributed by atoms with E-state index in [4.69, 9.17) is 5.11 Å². The molecule has 104 valence electrons. The maximum atomic E-state index is 11.5. The fourth-order valence-electron chi connectivity index (χ4n) is 1.47. The molecule has 0 aromatic heterocycles. The number of benzene rings is 1. The fourth-order valence-corrected chi connectivity index (χ4v) is 1.47. The molecule has 0 aliphatic carbocycles. The van der Waals surface area contributed by atoms with Gasteiger partial charge in [0.05, 0.1) is 12.0 Å². The quantitative estimate of drug-likeness (QED) is 0.646. The summed E-state index contributed by atoms with van der Waals surface area (Å²) >= 11 is 0. The van der Waals surface area contributed by atoms with Crippen molar-refractivity contribution >= 4 is 17.7 Å². The van der Waals surface area contributed by atoms with Crippen LogP contribution in [0.1, 0.15) is 18.9 Å². The summed E-state index contributed by atoms with van der Waals surface area (Å²) in [6.07, 6.45) is -0.433. The zero-order valence-corrected chi connectivity index (χ0v) is 10.9. The molecule has 19 heavy (non-hydrogen) atoms. The number of nitrogens with one attached hydrogen (secondary N) is 2. The molecular formula is C13H18N2O4. The predicted molar refractivity (Wildman–Crippen MR) is 71.1 cm³/mol. The number of hydrogen-bond donors (Lipinski definition) is 4. The summed E-state index contributed by atoms with van der Waals surface area (Å²) in [7, 11) is 0. The van der Waals surface area contributed by atoms with Gasteiger partial charge in [0.2, 0.25) is 0 Å². The second kappa shape index (κ2) is 6.19. The van der Waals surface area contributed by atoms with Gasteiger partial charge in [0.15, 0.2) is 0 Å². The molecule has 1 aromatic carbocycles. The maximum Gasteiger partial charge on any atom is 0.319 e. The number of aryl methyl sites for hydroxylation is 1. The van der Waals surface area contributed by atoms with Gasteiger partial charge < -0.3 is 20.8 Å². The van der Waals surface area contributed by atoms with Crippen molar-refractivity contribution in [3.63, 3.8) is 0 Å². The molecule has 6 nitrogen and oxygen atoms in total. The molecule has 1 rings (SSSR count). The molecule has 0 bridgehead atoms. The van der Waals surface area contributed by atoms with Crippen molar-refractivity contribution in [2.45, 2.75) is 25.9 Å². The molecule has 0 saturated carbocycles. The molecule has 0 saturated heterocycles. The monoisotopic (exact) mass is 266 g/mol. The van der Waals surface area contributed by atoms with Crippen LogP contribution >= 0.6 is 0 Å². The molecule has 6 heteroatoms. The van der Waals surface area contributed by atoms with E-state index in [1.807, 2.05) is 19.1 Å². The second-order valence-corrected chi connectivity index (χ2v) is 4.74. The summed E-state index contributed by atoms with van der Waals surface area (Å²) in [4.78, 5) is 22.0. The molecule has 0 aliphatic heterocycles. The van der Waals surface area contributed by atoms with E-state index in [-0.39, 0.29) is 6.54 Å². The number of anilines is 1. The maximum absolute atomic E-state index is 11.5. The number of carbonyl (C=O) groups is 2. The SMILES string of the molecule is Cc1ccc(NC(=O)NCC(C)(O)CC(=O)O)cc1. The van der Waals surface area contributed by atoms with Crippen LogP contribution in [0.3, 0.4) is 0 Å². The average molecular weight is 266 g/mol. The highest BCUT2D eigenvalue weighted by molar-refractivity contribution is 5.89. The topological polar surface area (TPSA) is 98.7 Å². The first-order chi connectivity index (χ1) is 8.78. The van der Waals surface area contributed by atoms with Crippen LogP contribution in [0, 0.1) is 6.92 Å². The highest BCUT2D eigenvalue weighted by atomic mass is 16.4. The zero-order chi connectivity index (χ0) is 14.5. The first-order valence-corrected chi connectivity index (χ1v) is 5.84. The van der Waals surface area contributed by atoms with Crippen molar-refractivity contribution in [2.75, 3.05) is 11.9 Å². The van der Waals surface area contributed by atoms with Gasteiger partial charge in [0.25, 0.3) is 0 Å². The molecule has 0 aliphatic rings. The minimum absolute atomic E-state index is 0.142. The van der Waals surface area contributed by atoms with E-state index in [0.29, 0.717) is 5.69 Å². The number of hydrogen-bond acceptors (Lipinski definition) is 3. The van der Waals surface area contributed by atoms with E-state index in [1.54, 1.807) is 12.1 Å². The minimum atomic E-state index is -1.48. The number of carboxylic acids is 1. The van der Waals surface area contributed by atoms with E-state index in [2.05, 4.69) is 10.6 Å². The number of carboxylic acid groups (broad SMARTS) is 1. The van der Waals surface area contributed by atoms with Crippen molar-refractivity contribution < 1.29 is 19.8 Å². The molecule has 1 atom stereocenters. The Balaban J connectivity index is 2.43. The van der Waals surface area contributed by atoms with Crippen molar-refractivity contribution in [3.05, 3.63) is 29.8 Å². The lowest BCUT2D eigenvalue weighted by Crippen LogP contribution is -2.43. The van der Waals surface area contributed by atoms with Crippen LogP contribution in [-0.2, 0) is 4.79 Å². The molecular weight excluding hydrogens is 248 g/mol. The summed E-state index contributed by atoms with van der Waals surface area (Å²) in [6, 6.07) is 6.73. The van der Waals surface area contributed by atoms with Gasteiger partial charge in [-0.05, 0) is 26.0 Å². The number of amides is 2. The third kappa shape index (κ3) is 5.87. The first kappa shape index (κ1) is 15.0. The first-order valence-electron chi connectivity index (χ1n) is 5.84. The Morgan fingerprint density at radius 2 is 1.84 bits per heavy atom. The summed E-state index contributed by atoms with van der Waals surface area (Å²) in [5.41, 5.74) is 0.229. The lowest BCUT2D eigenvalue weighted by molar-refractivity contribution is -0.141. The fraction of sp³-hybridized carbons (Fsp3) is 0.385. The third-order valence-electron chi connectivity index (χ3n) is 2.47. The van der Waals surface area contributed by atoms with E-state index in [9.17, 15) is 14.7 Å². The van der Waals surface area contributed by atoms with Crippen LogP contribution in [0.25, 0.3) is 0 Å². The van der Waals surface area contributed by atoms with Gasteiger partial charge >= 0.3 is 12.0 Å². The number of carbonyl (C=O) groups excluding carboxylic acids is 1. The number of aliphatic carboxylic acids is 1. The van der Waals surface area contributed by atoms with Gasteiger partial charge in [-0.25, -0.2) is 4.79 Å². The molecule has 4 N–H and O–H groups in total. The zero-order valence-electron chi connectivity index (χ0n) is 10.9. The summed E-state index contributed by atoms with van der Waals surface area (Å²) in [5.74, 6) is -1.12. The van der Waals surface area contributed by atoms with Crippen molar-refractivity contribution in [1.29, 1.82) is 0 Å². The van der Waals surface area contributed by atoms with Crippen LogP contribution in [0.5, 0.6) is 0 Å². The second-order valence-electron chi connectivity index (χ2n) is 4.74. The van der Waals surface area contributed by atoms with Gasteiger partial charge in [0, 0.05) is 12.2 Å². The molecule has 0 fully saturated rings. The number of rotatable bonds is 5. The molecule has 0 radical (unpaired) electrons. The average Bonchev–Trinajstić information content (AvgIpc) is 2.28. The lowest BCUT2D eigenvalue weighted by atomic mass is 10.0. The Morgan fingerprint density at radius 1 is 1.26 bits per heavy atom. The van der Waals surface area contributed by atoms with Gasteiger partial charge in [-0.3, -0.25) is 4.79 Å². The van der Waals surface area contributed by atoms with Gasteiger partial charge in [-0.2, -0.15) is 0 Å². The predicted octanol–water partition coefficient (Wildman–Crippen LogP) is 1.34. The van der Waals surface area contributed by atoms with Crippen LogP contribution in [0.4, 0.5) is 10.5 Å². The third-order valence-corrected chi connectivity index (χ3v) is 2.47. The Morgan fingerprint density at radius 3 is 2.37 bits per heavy atom. The normalized spacial score (nSPS) is 13.4. The van der Waals surface area contributed by atoms with Crippen molar-refractivity contribution in [3.8, 4) is 0 Å². The van der Waals surface area contributed by atoms with Crippen molar-refractivity contribution in [1.82, 2.24) is 5.32 Å². The van der Waals surface area contributed by atoms with Crippen molar-refractivity contribution in [2.24, 2.45) is 0 Å². The minimum Gasteiger partial charge on any atom is -0.481 e. The highest BCUT2D eigenvalue weighted by Gasteiger charge is 2.24. The van der Waals surface area contributed by atoms with Crippen LogP contribution in [-0.4, -0.2) is 34.4 Å². The summed E-state index contributed by atoms with van der Waals surface area (Å²) < 4.78 is 0. The summed E-state index contributed by atoms with van der Waals surface area (Å²) in [5, 5.41) is 23.3. The van der Waals surface area contributed by atoms with Gasteiger partial charge in [-0.15, -0.1) is 0 Å². The summed E-state index contributed by atoms with van der Waals surface area (Å²) in [6.45, 7) is 3.15. The molecule has 0 heterocycles. The van der Waals surface area contributed by atoms with E-state index in [0.717, 1.165) is 5.56 Å². The number of aliphatic hydroxyl groups is 1. The molecule has 1 unspecified atom stereocenters. The molecule has 1 aromatic rings. The lowest BCUT2D eigenvalue weighted by Gasteiger charge is -2.21. The number of urea groups is 1. The molecule has 0 spiro atoms. The van der Waals surface area contributed by atoms with E-state index < -0.39 is 24.0 Å². The van der Waals surface area contributed by atoms with E-state index in [1.165, 1.54) is 6.92 Å². The Hall–Kier alpha value is -2.08. The van der Waals surface area contributed by atoms with Gasteiger partial charge in [0.1, 0.15) is 0 Å². The van der Waals surface area contributed by atoms with Crippen LogP contribution in [0.2, 0.25) is 0 Å². The Labute approximate surface area is 111 Å². The molecule has 2 amide bonds. The Bertz CT molecular complexity index is 454. The van der Waals surface area contributed by atoms with Gasteiger partial charge in [-0.1, -0.05) is 17.7 Å². The van der Waals surface area contributed by atoms with E-state index >= 15 is 0 Å². The smallest absolute Gasteiger partial charge is 0.319 e. The Kier molecular flexibility index (Phi) is 4.88. The highest BCUT2D eigenvalue weighted by Crippen LogP contribution is 2.09. The van der Waals surface area contributed by atoms with Crippen LogP contribution < -0.4 is 10.6 Å². The largest absolute Gasteiger partial charge is 0.481 e. The standard InChI is InChI=1S/C13H18N2O4/c1-9-3-5-10(6-4-9)15-12(18)14-8-13(2,19)7-11(16)17/h3-6,19H,7-8H2,1-2H3,(H,16,17)(H2,14,15,18). The van der Waals surface area contributed by atoms with Crippen LogP contribution in [0.15, 0.2) is 24.3 Å².